The summed E-state index contributed by atoms with van der Waals surface area (Å²) in [7, 11) is 3.57. The van der Waals surface area contributed by atoms with Crippen LogP contribution in [-0.2, 0) is 17.6 Å². The van der Waals surface area contributed by atoms with Crippen molar-refractivity contribution in [3.63, 3.8) is 0 Å². The fraction of sp³-hybridized carbons (Fsp3) is 0.500. The highest BCUT2D eigenvalue weighted by atomic mass is 16.7. The Morgan fingerprint density at radius 2 is 1.95 bits per heavy atom. The van der Waals surface area contributed by atoms with Gasteiger partial charge in [-0.1, -0.05) is 6.07 Å². The van der Waals surface area contributed by atoms with E-state index in [0.717, 1.165) is 27.8 Å². The molecular weight excluding hydrogens is 488 g/mol. The lowest BCUT2D eigenvalue weighted by Crippen LogP contribution is -2.68. The number of likely N-dealkylation sites (N-methyl/N-ethyl adjacent to an activating group) is 1. The molecule has 3 N–H and O–H groups in total. The zero-order valence-electron chi connectivity index (χ0n) is 22.2. The Balaban J connectivity index is 1.62. The van der Waals surface area contributed by atoms with E-state index in [-0.39, 0.29) is 43.3 Å². The molecule has 1 fully saturated rings. The lowest BCUT2D eigenvalue weighted by atomic mass is 9.71. The molecule has 0 aromatic heterocycles. The molecule has 2 aromatic rings. The number of aryl methyl sites for hydroxylation is 1. The van der Waals surface area contributed by atoms with E-state index in [1.165, 1.54) is 6.92 Å². The van der Waals surface area contributed by atoms with Gasteiger partial charge in [0.2, 0.25) is 6.79 Å². The molecule has 200 valence electrons. The van der Waals surface area contributed by atoms with E-state index in [1.807, 2.05) is 20.9 Å². The minimum Gasteiger partial charge on any atom is -0.504 e. The number of benzene rings is 2. The van der Waals surface area contributed by atoms with Gasteiger partial charge in [-0.2, -0.15) is 5.26 Å². The number of esters is 1. The molecule has 5 atom stereocenters. The number of piperazine rings is 1. The van der Waals surface area contributed by atoms with E-state index in [1.54, 1.807) is 7.11 Å². The molecule has 0 spiro atoms. The van der Waals surface area contributed by atoms with Crippen LogP contribution >= 0.6 is 0 Å². The molecule has 10 nitrogen and oxygen atoms in total. The Morgan fingerprint density at radius 3 is 2.61 bits per heavy atom. The highest BCUT2D eigenvalue weighted by Crippen LogP contribution is 2.58. The molecule has 2 aromatic carbocycles. The third-order valence-electron chi connectivity index (χ3n) is 8.73. The molecule has 6 rings (SSSR count). The van der Waals surface area contributed by atoms with Crippen molar-refractivity contribution < 1.29 is 28.8 Å². The maximum atomic E-state index is 12.2. The van der Waals surface area contributed by atoms with Gasteiger partial charge in [0.05, 0.1) is 25.3 Å². The molecule has 2 bridgehead atoms. The van der Waals surface area contributed by atoms with Gasteiger partial charge in [-0.05, 0) is 44.9 Å². The second-order valence-electron chi connectivity index (χ2n) is 10.6. The average molecular weight is 521 g/mol. The molecule has 38 heavy (non-hydrogen) atoms. The van der Waals surface area contributed by atoms with E-state index in [9.17, 15) is 15.2 Å². The Kier molecular flexibility index (Phi) is 5.72. The summed E-state index contributed by atoms with van der Waals surface area (Å²) >= 11 is 0. The highest BCUT2D eigenvalue weighted by Gasteiger charge is 2.56. The number of rotatable bonds is 3. The maximum Gasteiger partial charge on any atom is 0.308 e. The molecule has 4 aliphatic rings. The summed E-state index contributed by atoms with van der Waals surface area (Å²) in [6.07, 6.45) is 1.07. The summed E-state index contributed by atoms with van der Waals surface area (Å²) in [5.74, 6) is 1.75. The summed E-state index contributed by atoms with van der Waals surface area (Å²) in [6.45, 7) is 5.42. The monoisotopic (exact) mass is 520 g/mol. The number of hydrogen-bond acceptors (Lipinski definition) is 10. The number of nitrogens with zero attached hydrogens (tertiary/aromatic N) is 3. The van der Waals surface area contributed by atoms with Crippen LogP contribution in [0, 0.1) is 25.2 Å². The second-order valence-corrected chi connectivity index (χ2v) is 10.6. The largest absolute Gasteiger partial charge is 0.504 e. The SMILES string of the molecule is COc1c(C)cc2c(c1O)[C@H]1C3Cc4c(OC(C)=O)c(C)c5c(c4[C@H](CN)N3[C@@H](C#N)C(C2)N1C)OCO5. The molecule has 0 aliphatic carbocycles. The number of methoxy groups -OCH3 is 1. The third-order valence-corrected chi connectivity index (χ3v) is 8.73. The van der Waals surface area contributed by atoms with Crippen molar-refractivity contribution in [2.45, 2.75) is 63.8 Å². The van der Waals surface area contributed by atoms with Crippen LogP contribution in [0.25, 0.3) is 0 Å². The summed E-state index contributed by atoms with van der Waals surface area (Å²) in [5, 5.41) is 22.0. The zero-order valence-corrected chi connectivity index (χ0v) is 22.2. The van der Waals surface area contributed by atoms with Crippen LogP contribution in [0.15, 0.2) is 6.07 Å². The van der Waals surface area contributed by atoms with Gasteiger partial charge in [0.15, 0.2) is 23.0 Å². The van der Waals surface area contributed by atoms with Crippen molar-refractivity contribution in [2.24, 2.45) is 5.73 Å². The number of ether oxygens (including phenoxy) is 4. The van der Waals surface area contributed by atoms with Crippen molar-refractivity contribution in [2.75, 3.05) is 27.5 Å². The fourth-order valence-electron chi connectivity index (χ4n) is 7.34. The minimum absolute atomic E-state index is 0.0585. The van der Waals surface area contributed by atoms with Crippen molar-refractivity contribution in [1.82, 2.24) is 9.80 Å². The quantitative estimate of drug-likeness (QED) is 0.459. The van der Waals surface area contributed by atoms with Gasteiger partial charge >= 0.3 is 5.97 Å². The topological polar surface area (TPSA) is 131 Å². The Morgan fingerprint density at radius 1 is 1.21 bits per heavy atom. The van der Waals surface area contributed by atoms with Gasteiger partial charge < -0.3 is 29.8 Å². The first-order valence-corrected chi connectivity index (χ1v) is 12.8. The van der Waals surface area contributed by atoms with Crippen molar-refractivity contribution in [1.29, 1.82) is 5.26 Å². The van der Waals surface area contributed by atoms with E-state index in [2.05, 4.69) is 21.9 Å². The fourth-order valence-corrected chi connectivity index (χ4v) is 7.34. The van der Waals surface area contributed by atoms with Crippen LogP contribution in [0.1, 0.15) is 52.4 Å². The van der Waals surface area contributed by atoms with E-state index in [4.69, 9.17) is 24.7 Å². The van der Waals surface area contributed by atoms with E-state index in [0.29, 0.717) is 41.4 Å². The number of hydrogen-bond donors (Lipinski definition) is 2. The maximum absolute atomic E-state index is 12.2. The number of phenols is 1. The molecule has 2 unspecified atom stereocenters. The summed E-state index contributed by atoms with van der Waals surface area (Å²) in [6, 6.07) is 3.20. The molecular formula is C28H32N4O6. The van der Waals surface area contributed by atoms with Gasteiger partial charge in [0.25, 0.3) is 0 Å². The van der Waals surface area contributed by atoms with Gasteiger partial charge in [-0.25, -0.2) is 0 Å². The van der Waals surface area contributed by atoms with Gasteiger partial charge in [0, 0.05) is 47.8 Å². The summed E-state index contributed by atoms with van der Waals surface area (Å²) in [5.41, 5.74) is 11.5. The van der Waals surface area contributed by atoms with Crippen LogP contribution in [0.5, 0.6) is 28.7 Å². The van der Waals surface area contributed by atoms with E-state index < -0.39 is 12.0 Å². The number of nitriles is 1. The molecule has 0 saturated carbocycles. The van der Waals surface area contributed by atoms with Crippen LogP contribution in [0.4, 0.5) is 0 Å². The van der Waals surface area contributed by atoms with Crippen molar-refractivity contribution in [3.8, 4) is 34.8 Å². The first-order valence-electron chi connectivity index (χ1n) is 12.8. The zero-order chi connectivity index (χ0) is 27.0. The van der Waals surface area contributed by atoms with Gasteiger partial charge in [-0.15, -0.1) is 0 Å². The van der Waals surface area contributed by atoms with E-state index >= 15 is 0 Å². The Labute approximate surface area is 221 Å². The first-order chi connectivity index (χ1) is 18.2. The molecule has 10 heteroatoms. The first kappa shape index (κ1) is 24.8. The smallest absolute Gasteiger partial charge is 0.308 e. The lowest BCUT2D eigenvalue weighted by Gasteiger charge is -2.59. The summed E-state index contributed by atoms with van der Waals surface area (Å²) < 4.78 is 23.1. The summed E-state index contributed by atoms with van der Waals surface area (Å²) in [4.78, 5) is 16.6. The molecule has 4 aliphatic heterocycles. The molecule has 0 radical (unpaired) electrons. The molecule has 0 amide bonds. The standard InChI is InChI=1S/C28H32N4O6/c1-12-6-15-7-17-19(9-29)32-18(23(31(17)4)21(15)24(34)25(12)35-5)8-16-22(20(32)10-30)28-27(36-11-37-28)13(2)26(16)38-14(3)33/h6,17-20,23,34H,7-8,10-11,30H2,1-5H3/t17?,18?,19-,20-,23+/m0/s1. The predicted octanol–water partition coefficient (Wildman–Crippen LogP) is 2.40. The molecule has 4 heterocycles. The van der Waals surface area contributed by atoms with Crippen LogP contribution in [0.3, 0.4) is 0 Å². The Hall–Kier alpha value is -3.52. The van der Waals surface area contributed by atoms with Crippen molar-refractivity contribution in [3.05, 3.63) is 39.4 Å². The third kappa shape index (κ3) is 3.19. The lowest BCUT2D eigenvalue weighted by molar-refractivity contribution is -0.132. The van der Waals surface area contributed by atoms with Gasteiger partial charge in [-0.3, -0.25) is 14.6 Å². The molecule has 1 saturated heterocycles. The number of carbonyl (C=O) groups is 1. The average Bonchev–Trinajstić information content (AvgIpc) is 3.36. The second kappa shape index (κ2) is 8.76. The number of nitrogens with two attached hydrogens (primary N) is 1. The van der Waals surface area contributed by atoms with Crippen LogP contribution < -0.4 is 24.7 Å². The van der Waals surface area contributed by atoms with Crippen molar-refractivity contribution >= 4 is 5.97 Å². The Bertz CT molecular complexity index is 1400. The predicted molar refractivity (Wildman–Crippen MR) is 137 cm³/mol. The number of phenolic OH excluding ortho intramolecular Hbond substituents is 1. The highest BCUT2D eigenvalue weighted by molar-refractivity contribution is 5.74. The minimum atomic E-state index is -0.461. The normalized spacial score (nSPS) is 27.1. The number of carbonyl (C=O) groups excluding carboxylic acids is 1. The van der Waals surface area contributed by atoms with Crippen LogP contribution in [0.2, 0.25) is 0 Å². The number of aromatic hydroxyl groups is 1. The van der Waals surface area contributed by atoms with Gasteiger partial charge in [0.1, 0.15) is 11.8 Å². The van der Waals surface area contributed by atoms with Crippen LogP contribution in [-0.4, -0.2) is 66.5 Å². The number of fused-ring (bicyclic) bond motifs is 9.